The van der Waals surface area contributed by atoms with Crippen molar-refractivity contribution in [1.82, 2.24) is 20.0 Å². The molecule has 0 aromatic carbocycles. The third-order valence-electron chi connectivity index (χ3n) is 5.38. The monoisotopic (exact) mass is 360 g/mol. The zero-order chi connectivity index (χ0) is 18.0. The number of nitrogens with zero attached hydrogens (tertiary/aromatic N) is 4. The normalized spacial score (nSPS) is 24.0. The van der Waals surface area contributed by atoms with Gasteiger partial charge in [0.15, 0.2) is 5.76 Å². The van der Waals surface area contributed by atoms with Crippen molar-refractivity contribution in [3.8, 4) is 11.7 Å². The molecule has 8 nitrogen and oxygen atoms in total. The number of likely N-dealkylation sites (tertiary alicyclic amines) is 2. The Bertz CT molecular complexity index is 744. The van der Waals surface area contributed by atoms with Crippen molar-refractivity contribution >= 4 is 5.91 Å². The van der Waals surface area contributed by atoms with Gasteiger partial charge in [0.1, 0.15) is 0 Å². The number of carbonyl (C=O) groups is 1. The van der Waals surface area contributed by atoms with Crippen LogP contribution in [0.2, 0.25) is 0 Å². The molecule has 4 heterocycles. The van der Waals surface area contributed by atoms with E-state index in [1.54, 1.807) is 25.5 Å². The van der Waals surface area contributed by atoms with E-state index in [1.165, 1.54) is 0 Å². The largest absolute Gasteiger partial charge is 0.459 e. The van der Waals surface area contributed by atoms with Crippen LogP contribution in [0.15, 0.2) is 27.2 Å². The van der Waals surface area contributed by atoms with Gasteiger partial charge in [0.25, 0.3) is 5.89 Å². The SMILES string of the molecule is COCCN1CCC[C@]2(CCN(Cc3nnc(-c4ccco4)o3)C2)C1=O. The number of rotatable bonds is 6. The topological polar surface area (TPSA) is 84.8 Å². The van der Waals surface area contributed by atoms with E-state index >= 15 is 0 Å². The van der Waals surface area contributed by atoms with Crippen LogP contribution in [0.25, 0.3) is 11.7 Å². The van der Waals surface area contributed by atoms with Crippen LogP contribution in [-0.4, -0.2) is 65.8 Å². The number of amides is 1. The molecule has 2 fully saturated rings. The van der Waals surface area contributed by atoms with Crippen LogP contribution in [0.5, 0.6) is 0 Å². The van der Waals surface area contributed by atoms with E-state index in [2.05, 4.69) is 15.1 Å². The highest BCUT2D eigenvalue weighted by Crippen LogP contribution is 2.40. The number of methoxy groups -OCH3 is 1. The maximum absolute atomic E-state index is 13.0. The standard InChI is InChI=1S/C18H24N4O4/c1-24-11-9-22-7-3-5-18(17(22)23)6-8-21(13-18)12-15-19-20-16(26-15)14-4-2-10-25-14/h2,4,10H,3,5-9,11-13H2,1H3/t18-/m1/s1. The van der Waals surface area contributed by atoms with Gasteiger partial charge in [-0.15, -0.1) is 10.2 Å². The smallest absolute Gasteiger partial charge is 0.283 e. The van der Waals surface area contributed by atoms with Gasteiger partial charge in [-0.05, 0) is 37.9 Å². The first kappa shape index (κ1) is 17.2. The second kappa shape index (κ2) is 7.20. The number of aromatic nitrogens is 2. The molecule has 1 spiro atoms. The molecule has 1 atom stereocenters. The van der Waals surface area contributed by atoms with Crippen molar-refractivity contribution in [2.24, 2.45) is 5.41 Å². The highest BCUT2D eigenvalue weighted by atomic mass is 16.5. The zero-order valence-corrected chi connectivity index (χ0v) is 15.0. The lowest BCUT2D eigenvalue weighted by atomic mass is 9.78. The van der Waals surface area contributed by atoms with Crippen LogP contribution in [-0.2, 0) is 16.1 Å². The average molecular weight is 360 g/mol. The molecule has 26 heavy (non-hydrogen) atoms. The van der Waals surface area contributed by atoms with Crippen LogP contribution in [0.4, 0.5) is 0 Å². The molecule has 140 valence electrons. The van der Waals surface area contributed by atoms with Gasteiger partial charge in [-0.1, -0.05) is 0 Å². The minimum atomic E-state index is -0.268. The molecule has 0 N–H and O–H groups in total. The van der Waals surface area contributed by atoms with Crippen LogP contribution < -0.4 is 0 Å². The van der Waals surface area contributed by atoms with E-state index in [-0.39, 0.29) is 11.3 Å². The van der Waals surface area contributed by atoms with Crippen molar-refractivity contribution in [3.05, 3.63) is 24.3 Å². The van der Waals surface area contributed by atoms with E-state index in [0.29, 0.717) is 37.2 Å². The van der Waals surface area contributed by atoms with Crippen LogP contribution in [0, 0.1) is 5.41 Å². The maximum atomic E-state index is 13.0. The molecule has 2 aliphatic heterocycles. The molecular formula is C18H24N4O4. The van der Waals surface area contributed by atoms with Gasteiger partial charge in [-0.3, -0.25) is 9.69 Å². The van der Waals surface area contributed by atoms with E-state index in [1.807, 2.05) is 4.90 Å². The fraction of sp³-hybridized carbons (Fsp3) is 0.611. The molecule has 0 radical (unpaired) electrons. The number of ether oxygens (including phenoxy) is 1. The predicted octanol–water partition coefficient (Wildman–Crippen LogP) is 1.79. The van der Waals surface area contributed by atoms with E-state index in [4.69, 9.17) is 13.6 Å². The summed E-state index contributed by atoms with van der Waals surface area (Å²) in [5.74, 6) is 1.77. The fourth-order valence-corrected chi connectivity index (χ4v) is 4.05. The zero-order valence-electron chi connectivity index (χ0n) is 15.0. The summed E-state index contributed by atoms with van der Waals surface area (Å²) in [6.45, 7) is 4.26. The Labute approximate surface area is 152 Å². The summed E-state index contributed by atoms with van der Waals surface area (Å²) in [6.07, 6.45) is 4.46. The molecule has 1 amide bonds. The molecule has 0 aliphatic carbocycles. The van der Waals surface area contributed by atoms with Crippen molar-refractivity contribution < 1.29 is 18.4 Å². The van der Waals surface area contributed by atoms with Gasteiger partial charge in [0.2, 0.25) is 11.8 Å². The lowest BCUT2D eigenvalue weighted by molar-refractivity contribution is -0.146. The number of piperidine rings is 1. The van der Waals surface area contributed by atoms with E-state index in [9.17, 15) is 4.79 Å². The van der Waals surface area contributed by atoms with Crippen LogP contribution in [0.1, 0.15) is 25.2 Å². The van der Waals surface area contributed by atoms with Crippen LogP contribution >= 0.6 is 0 Å². The summed E-state index contributed by atoms with van der Waals surface area (Å²) >= 11 is 0. The first-order valence-electron chi connectivity index (χ1n) is 9.07. The summed E-state index contributed by atoms with van der Waals surface area (Å²) in [4.78, 5) is 17.2. The second-order valence-corrected chi connectivity index (χ2v) is 7.11. The highest BCUT2D eigenvalue weighted by Gasteiger charge is 2.48. The summed E-state index contributed by atoms with van der Waals surface area (Å²) in [5.41, 5.74) is -0.268. The van der Waals surface area contributed by atoms with Crippen molar-refractivity contribution in [2.45, 2.75) is 25.8 Å². The molecule has 2 saturated heterocycles. The number of furan rings is 1. The summed E-state index contributed by atoms with van der Waals surface area (Å²) in [6, 6.07) is 3.57. The van der Waals surface area contributed by atoms with Crippen LogP contribution in [0.3, 0.4) is 0 Å². The maximum Gasteiger partial charge on any atom is 0.283 e. The van der Waals surface area contributed by atoms with Gasteiger partial charge < -0.3 is 18.5 Å². The Morgan fingerprint density at radius 2 is 2.23 bits per heavy atom. The molecule has 4 rings (SSSR count). The number of hydrogen-bond donors (Lipinski definition) is 0. The molecule has 2 aliphatic rings. The molecule has 2 aromatic rings. The van der Waals surface area contributed by atoms with Gasteiger partial charge in [0, 0.05) is 26.7 Å². The fourth-order valence-electron chi connectivity index (χ4n) is 4.05. The first-order valence-corrected chi connectivity index (χ1v) is 9.07. The average Bonchev–Trinajstić information content (AvgIpc) is 3.38. The third-order valence-corrected chi connectivity index (χ3v) is 5.38. The van der Waals surface area contributed by atoms with E-state index < -0.39 is 0 Å². The Morgan fingerprint density at radius 3 is 3.04 bits per heavy atom. The van der Waals surface area contributed by atoms with Crippen molar-refractivity contribution in [1.29, 1.82) is 0 Å². The Hall–Kier alpha value is -2.19. The molecule has 0 bridgehead atoms. The van der Waals surface area contributed by atoms with Crippen molar-refractivity contribution in [3.63, 3.8) is 0 Å². The number of hydrogen-bond acceptors (Lipinski definition) is 7. The second-order valence-electron chi connectivity index (χ2n) is 7.11. The molecule has 0 saturated carbocycles. The lowest BCUT2D eigenvalue weighted by Gasteiger charge is -2.39. The molecule has 8 heteroatoms. The highest BCUT2D eigenvalue weighted by molar-refractivity contribution is 5.84. The minimum absolute atomic E-state index is 0.268. The third kappa shape index (κ3) is 3.26. The summed E-state index contributed by atoms with van der Waals surface area (Å²) in [7, 11) is 1.67. The van der Waals surface area contributed by atoms with Gasteiger partial charge in [-0.25, -0.2) is 0 Å². The van der Waals surface area contributed by atoms with Gasteiger partial charge in [0.05, 0.1) is 24.8 Å². The molecule has 0 unspecified atom stereocenters. The Morgan fingerprint density at radius 1 is 1.31 bits per heavy atom. The van der Waals surface area contributed by atoms with Gasteiger partial charge >= 0.3 is 0 Å². The Kier molecular flexibility index (Phi) is 4.78. The quantitative estimate of drug-likeness (QED) is 0.776. The molecule has 2 aromatic heterocycles. The Balaban J connectivity index is 1.39. The number of carbonyl (C=O) groups excluding carboxylic acids is 1. The van der Waals surface area contributed by atoms with Gasteiger partial charge in [-0.2, -0.15) is 0 Å². The minimum Gasteiger partial charge on any atom is -0.459 e. The molecular weight excluding hydrogens is 336 g/mol. The van der Waals surface area contributed by atoms with E-state index in [0.717, 1.165) is 38.9 Å². The van der Waals surface area contributed by atoms with Crippen molar-refractivity contribution in [2.75, 3.05) is 39.9 Å². The predicted molar refractivity (Wildman–Crippen MR) is 92.0 cm³/mol. The first-order chi connectivity index (χ1) is 12.7. The summed E-state index contributed by atoms with van der Waals surface area (Å²) < 4.78 is 16.1. The summed E-state index contributed by atoms with van der Waals surface area (Å²) in [5, 5.41) is 8.15. The lowest BCUT2D eigenvalue weighted by Crippen LogP contribution is -2.50.